The highest BCUT2D eigenvalue weighted by Crippen LogP contribution is 2.20. The highest BCUT2D eigenvalue weighted by Gasteiger charge is 2.13. The van der Waals surface area contributed by atoms with Gasteiger partial charge in [0.2, 0.25) is 5.82 Å². The summed E-state index contributed by atoms with van der Waals surface area (Å²) in [7, 11) is 0. The molecular formula is C12H11FN6O. The van der Waals surface area contributed by atoms with Gasteiger partial charge in [0, 0.05) is 12.1 Å². The number of halogens is 1. The van der Waals surface area contributed by atoms with Crippen LogP contribution in [0.5, 0.6) is 0 Å². The van der Waals surface area contributed by atoms with E-state index in [2.05, 4.69) is 20.5 Å². The molecule has 0 saturated carbocycles. The zero-order chi connectivity index (χ0) is 13.9. The largest absolute Gasteiger partial charge is 0.332 e. The summed E-state index contributed by atoms with van der Waals surface area (Å²) in [6, 6.07) is 5.83. The summed E-state index contributed by atoms with van der Waals surface area (Å²) in [5, 5.41) is 11.6. The Hall–Kier alpha value is -2.61. The van der Waals surface area contributed by atoms with Crippen LogP contribution in [0.4, 0.5) is 4.39 Å². The van der Waals surface area contributed by atoms with Crippen molar-refractivity contribution in [3.8, 4) is 23.0 Å². The van der Waals surface area contributed by atoms with Gasteiger partial charge in [0.1, 0.15) is 5.82 Å². The molecule has 0 aliphatic rings. The average Bonchev–Trinajstić information content (AvgIpc) is 3.08. The first-order valence-electron chi connectivity index (χ1n) is 5.96. The fraction of sp³-hybridized carbons (Fsp3) is 0.167. The van der Waals surface area contributed by atoms with Crippen molar-refractivity contribution in [3.05, 3.63) is 36.3 Å². The van der Waals surface area contributed by atoms with Crippen LogP contribution >= 0.6 is 0 Å². The van der Waals surface area contributed by atoms with Crippen LogP contribution in [0.2, 0.25) is 0 Å². The maximum absolute atomic E-state index is 12.9. The third kappa shape index (κ3) is 2.41. The minimum atomic E-state index is -0.317. The van der Waals surface area contributed by atoms with Crippen LogP contribution in [-0.4, -0.2) is 31.7 Å². The molecule has 0 atom stereocenters. The first-order chi connectivity index (χ1) is 9.76. The molecule has 0 bridgehead atoms. The SMILES string of the molecule is NCCn1cc(-c2nc(-c3ccc(F)cc3)no2)nn1. The maximum Gasteiger partial charge on any atom is 0.280 e. The summed E-state index contributed by atoms with van der Waals surface area (Å²) in [6.07, 6.45) is 1.68. The second-order valence-electron chi connectivity index (χ2n) is 4.09. The molecule has 3 rings (SSSR count). The predicted octanol–water partition coefficient (Wildman–Crippen LogP) is 1.09. The van der Waals surface area contributed by atoms with Crippen molar-refractivity contribution >= 4 is 0 Å². The van der Waals surface area contributed by atoms with Gasteiger partial charge in [-0.05, 0) is 24.3 Å². The van der Waals surface area contributed by atoms with Gasteiger partial charge in [0.25, 0.3) is 5.89 Å². The van der Waals surface area contributed by atoms with Gasteiger partial charge in [-0.25, -0.2) is 4.39 Å². The highest BCUT2D eigenvalue weighted by molar-refractivity contribution is 5.57. The Kier molecular flexibility index (Phi) is 3.21. The van der Waals surface area contributed by atoms with Crippen molar-refractivity contribution in [1.82, 2.24) is 25.1 Å². The number of nitrogens with two attached hydrogens (primary N) is 1. The molecule has 2 N–H and O–H groups in total. The van der Waals surface area contributed by atoms with Gasteiger partial charge in [-0.1, -0.05) is 10.4 Å². The van der Waals surface area contributed by atoms with Crippen LogP contribution in [0.25, 0.3) is 23.0 Å². The third-order valence-corrected chi connectivity index (χ3v) is 2.64. The molecule has 2 aromatic heterocycles. The molecule has 8 heteroatoms. The molecule has 0 saturated heterocycles. The lowest BCUT2D eigenvalue weighted by Gasteiger charge is -1.92. The molecule has 3 aromatic rings. The van der Waals surface area contributed by atoms with Crippen molar-refractivity contribution in [2.24, 2.45) is 5.73 Å². The molecule has 0 aliphatic heterocycles. The summed E-state index contributed by atoms with van der Waals surface area (Å²) >= 11 is 0. The second-order valence-corrected chi connectivity index (χ2v) is 4.09. The zero-order valence-corrected chi connectivity index (χ0v) is 10.4. The third-order valence-electron chi connectivity index (χ3n) is 2.64. The summed E-state index contributed by atoms with van der Waals surface area (Å²) in [6.45, 7) is 1.03. The summed E-state index contributed by atoms with van der Waals surface area (Å²) in [5.41, 5.74) is 6.56. The lowest BCUT2D eigenvalue weighted by Crippen LogP contribution is -2.10. The van der Waals surface area contributed by atoms with Gasteiger partial charge in [-0.3, -0.25) is 4.68 Å². The number of benzene rings is 1. The lowest BCUT2D eigenvalue weighted by atomic mass is 10.2. The smallest absolute Gasteiger partial charge is 0.280 e. The Labute approximate surface area is 113 Å². The molecule has 0 amide bonds. The standard InChI is InChI=1S/C12H11FN6O/c13-9-3-1-8(2-4-9)11-15-12(20-17-11)10-7-19(6-5-14)18-16-10/h1-4,7H,5-6,14H2. The second kappa shape index (κ2) is 5.17. The maximum atomic E-state index is 12.9. The Morgan fingerprint density at radius 1 is 1.25 bits per heavy atom. The van der Waals surface area contributed by atoms with Crippen LogP contribution < -0.4 is 5.73 Å². The number of aromatic nitrogens is 5. The van der Waals surface area contributed by atoms with Crippen molar-refractivity contribution in [2.75, 3.05) is 6.54 Å². The molecule has 7 nitrogen and oxygen atoms in total. The van der Waals surface area contributed by atoms with E-state index < -0.39 is 0 Å². The van der Waals surface area contributed by atoms with Gasteiger partial charge in [0.15, 0.2) is 5.69 Å². The van der Waals surface area contributed by atoms with Crippen molar-refractivity contribution in [2.45, 2.75) is 6.54 Å². The Morgan fingerprint density at radius 2 is 2.05 bits per heavy atom. The molecule has 0 spiro atoms. The topological polar surface area (TPSA) is 95.7 Å². The average molecular weight is 274 g/mol. The Balaban J connectivity index is 1.87. The van der Waals surface area contributed by atoms with E-state index in [0.717, 1.165) is 0 Å². The minimum absolute atomic E-state index is 0.257. The first kappa shape index (κ1) is 12.4. The fourth-order valence-corrected chi connectivity index (χ4v) is 1.68. The summed E-state index contributed by atoms with van der Waals surface area (Å²) in [4.78, 5) is 4.21. The van der Waals surface area contributed by atoms with Crippen LogP contribution in [-0.2, 0) is 6.54 Å². The van der Waals surface area contributed by atoms with E-state index in [9.17, 15) is 4.39 Å². The van der Waals surface area contributed by atoms with E-state index in [1.807, 2.05) is 0 Å². The van der Waals surface area contributed by atoms with Crippen LogP contribution in [0.15, 0.2) is 35.0 Å². The molecule has 2 heterocycles. The normalized spacial score (nSPS) is 10.9. The van der Waals surface area contributed by atoms with Gasteiger partial charge < -0.3 is 10.3 Å². The fourth-order valence-electron chi connectivity index (χ4n) is 1.68. The van der Waals surface area contributed by atoms with Crippen LogP contribution in [0, 0.1) is 5.82 Å². The number of hydrogen-bond donors (Lipinski definition) is 1. The lowest BCUT2D eigenvalue weighted by molar-refractivity contribution is 0.431. The van der Waals surface area contributed by atoms with Crippen molar-refractivity contribution in [1.29, 1.82) is 0 Å². The predicted molar refractivity (Wildman–Crippen MR) is 67.8 cm³/mol. The summed E-state index contributed by atoms with van der Waals surface area (Å²) in [5.74, 6) is 0.308. The molecule has 0 unspecified atom stereocenters. The van der Waals surface area contributed by atoms with E-state index in [0.29, 0.717) is 30.2 Å². The van der Waals surface area contributed by atoms with E-state index in [1.165, 1.54) is 12.1 Å². The van der Waals surface area contributed by atoms with E-state index in [4.69, 9.17) is 10.3 Å². The highest BCUT2D eigenvalue weighted by atomic mass is 19.1. The minimum Gasteiger partial charge on any atom is -0.332 e. The van der Waals surface area contributed by atoms with Crippen LogP contribution in [0.1, 0.15) is 0 Å². The Morgan fingerprint density at radius 3 is 2.80 bits per heavy atom. The van der Waals surface area contributed by atoms with Gasteiger partial charge in [0.05, 0.1) is 12.7 Å². The molecule has 0 radical (unpaired) electrons. The zero-order valence-electron chi connectivity index (χ0n) is 10.4. The number of rotatable bonds is 4. The molecule has 0 aliphatic carbocycles. The van der Waals surface area contributed by atoms with Crippen molar-refractivity contribution < 1.29 is 8.91 Å². The molecule has 20 heavy (non-hydrogen) atoms. The van der Waals surface area contributed by atoms with Gasteiger partial charge >= 0.3 is 0 Å². The van der Waals surface area contributed by atoms with E-state index >= 15 is 0 Å². The molecule has 102 valence electrons. The van der Waals surface area contributed by atoms with E-state index in [-0.39, 0.29) is 11.7 Å². The number of nitrogens with zero attached hydrogens (tertiary/aromatic N) is 5. The van der Waals surface area contributed by atoms with Gasteiger partial charge in [-0.2, -0.15) is 4.98 Å². The van der Waals surface area contributed by atoms with E-state index in [1.54, 1.807) is 23.0 Å². The Bertz CT molecular complexity index is 705. The van der Waals surface area contributed by atoms with Crippen LogP contribution in [0.3, 0.4) is 0 Å². The molecular weight excluding hydrogens is 263 g/mol. The molecule has 1 aromatic carbocycles. The monoisotopic (exact) mass is 274 g/mol. The van der Waals surface area contributed by atoms with Crippen molar-refractivity contribution in [3.63, 3.8) is 0 Å². The molecule has 0 fully saturated rings. The van der Waals surface area contributed by atoms with Gasteiger partial charge in [-0.15, -0.1) is 5.10 Å². The first-order valence-corrected chi connectivity index (χ1v) is 5.96. The quantitative estimate of drug-likeness (QED) is 0.765. The summed E-state index contributed by atoms with van der Waals surface area (Å²) < 4.78 is 19.6. The number of hydrogen-bond acceptors (Lipinski definition) is 6.